The fraction of sp³-hybridized carbons (Fsp3) is 0.143. The van der Waals surface area contributed by atoms with Crippen molar-refractivity contribution >= 4 is 10.0 Å². The highest BCUT2D eigenvalue weighted by atomic mass is 32.2. The Labute approximate surface area is 87.8 Å². The molecule has 0 aliphatic carbocycles. The van der Waals surface area contributed by atoms with E-state index in [0.29, 0.717) is 4.94 Å². The topological polar surface area (TPSA) is 55.4 Å². The first kappa shape index (κ1) is 12.7. The van der Waals surface area contributed by atoms with Crippen molar-refractivity contribution in [3.8, 4) is 5.75 Å². The SMILES string of the molecule is O=S(=O)(NF)c1ccccc1OC(F)(F)F. The van der Waals surface area contributed by atoms with Crippen LogP contribution in [0.2, 0.25) is 0 Å². The Hall–Kier alpha value is -1.35. The zero-order valence-corrected chi connectivity index (χ0v) is 8.27. The number of nitrogens with one attached hydrogen (secondary N) is 1. The van der Waals surface area contributed by atoms with Gasteiger partial charge in [0.15, 0.2) is 0 Å². The maximum absolute atomic E-state index is 11.9. The van der Waals surface area contributed by atoms with Gasteiger partial charge >= 0.3 is 6.36 Å². The van der Waals surface area contributed by atoms with E-state index in [1.54, 1.807) is 0 Å². The van der Waals surface area contributed by atoms with Crippen LogP contribution in [0, 0.1) is 0 Å². The lowest BCUT2D eigenvalue weighted by Crippen LogP contribution is -2.21. The Bertz CT molecular complexity index is 471. The Morgan fingerprint density at radius 3 is 2.25 bits per heavy atom. The van der Waals surface area contributed by atoms with Gasteiger partial charge in [-0.1, -0.05) is 12.1 Å². The molecule has 0 radical (unpaired) electrons. The van der Waals surface area contributed by atoms with Crippen LogP contribution in [0.25, 0.3) is 0 Å². The summed E-state index contributed by atoms with van der Waals surface area (Å²) in [6.45, 7) is 0. The second-order valence-corrected chi connectivity index (χ2v) is 4.18. The Balaban J connectivity index is 3.22. The van der Waals surface area contributed by atoms with Crippen molar-refractivity contribution in [1.82, 2.24) is 4.94 Å². The summed E-state index contributed by atoms with van der Waals surface area (Å²) in [5.41, 5.74) is 0. The van der Waals surface area contributed by atoms with Gasteiger partial charge in [0.05, 0.1) is 0 Å². The Kier molecular flexibility index (Phi) is 3.38. The number of sulfonamides is 1. The van der Waals surface area contributed by atoms with Gasteiger partial charge in [-0.25, -0.2) is 8.42 Å². The molecule has 90 valence electrons. The van der Waals surface area contributed by atoms with Crippen LogP contribution in [0.1, 0.15) is 0 Å². The molecular formula is C7H5F4NO3S. The molecule has 0 amide bonds. The molecule has 0 saturated heterocycles. The normalized spacial score (nSPS) is 12.5. The van der Waals surface area contributed by atoms with Crippen molar-refractivity contribution in [3.63, 3.8) is 0 Å². The summed E-state index contributed by atoms with van der Waals surface area (Å²) < 4.78 is 72.9. The van der Waals surface area contributed by atoms with Gasteiger partial charge < -0.3 is 4.74 Å². The third-order valence-corrected chi connectivity index (χ3v) is 2.59. The molecule has 1 rings (SSSR count). The van der Waals surface area contributed by atoms with E-state index in [9.17, 15) is 26.1 Å². The predicted octanol–water partition coefficient (Wildman–Crippen LogP) is 1.75. The number of halogens is 4. The van der Waals surface area contributed by atoms with Crippen molar-refractivity contribution in [3.05, 3.63) is 24.3 Å². The fourth-order valence-electron chi connectivity index (χ4n) is 0.923. The van der Waals surface area contributed by atoms with Crippen LogP contribution >= 0.6 is 0 Å². The zero-order chi connectivity index (χ0) is 12.4. The quantitative estimate of drug-likeness (QED) is 0.664. The third kappa shape index (κ3) is 3.07. The lowest BCUT2D eigenvalue weighted by Gasteiger charge is -2.11. The van der Waals surface area contributed by atoms with E-state index >= 15 is 0 Å². The lowest BCUT2D eigenvalue weighted by atomic mass is 10.3. The minimum atomic E-state index is -5.05. The molecule has 0 spiro atoms. The van der Waals surface area contributed by atoms with Crippen LogP contribution in [-0.2, 0) is 10.0 Å². The van der Waals surface area contributed by atoms with Crippen LogP contribution in [0.3, 0.4) is 0 Å². The maximum Gasteiger partial charge on any atom is 0.573 e. The summed E-state index contributed by atoms with van der Waals surface area (Å²) in [5, 5.41) is 0. The van der Waals surface area contributed by atoms with Crippen LogP contribution in [0.4, 0.5) is 17.7 Å². The second kappa shape index (κ2) is 4.26. The summed E-state index contributed by atoms with van der Waals surface area (Å²) in [6, 6.07) is 3.80. The summed E-state index contributed by atoms with van der Waals surface area (Å²) in [4.78, 5) is -0.527. The highest BCUT2D eigenvalue weighted by molar-refractivity contribution is 7.89. The first-order valence-electron chi connectivity index (χ1n) is 3.73. The van der Waals surface area contributed by atoms with Gasteiger partial charge in [0.1, 0.15) is 10.6 Å². The van der Waals surface area contributed by atoms with Crippen molar-refractivity contribution in [2.45, 2.75) is 11.3 Å². The largest absolute Gasteiger partial charge is 0.573 e. The van der Waals surface area contributed by atoms with Gasteiger partial charge in [-0.05, 0) is 17.1 Å². The van der Waals surface area contributed by atoms with Crippen LogP contribution in [0.5, 0.6) is 5.75 Å². The molecular weight excluding hydrogens is 254 g/mol. The Morgan fingerprint density at radius 2 is 1.75 bits per heavy atom. The number of alkyl halides is 3. The monoisotopic (exact) mass is 259 g/mol. The van der Waals surface area contributed by atoms with Crippen molar-refractivity contribution in [2.75, 3.05) is 0 Å². The van der Waals surface area contributed by atoms with E-state index in [-0.39, 0.29) is 0 Å². The summed E-state index contributed by atoms with van der Waals surface area (Å²) >= 11 is 0. The number of ether oxygens (including phenoxy) is 1. The van der Waals surface area contributed by atoms with Gasteiger partial charge in [-0.2, -0.15) is 0 Å². The minimum absolute atomic E-state index is 0.409. The molecule has 1 aromatic rings. The molecule has 16 heavy (non-hydrogen) atoms. The molecule has 0 saturated carbocycles. The van der Waals surface area contributed by atoms with E-state index in [4.69, 9.17) is 0 Å². The average Bonchev–Trinajstić information content (AvgIpc) is 2.16. The highest BCUT2D eigenvalue weighted by Crippen LogP contribution is 2.28. The van der Waals surface area contributed by atoms with Gasteiger partial charge in [0, 0.05) is 0 Å². The number of hydrogen-bond acceptors (Lipinski definition) is 3. The molecule has 9 heteroatoms. The van der Waals surface area contributed by atoms with E-state index in [1.807, 2.05) is 0 Å². The molecule has 1 N–H and O–H groups in total. The Morgan fingerprint density at radius 1 is 1.19 bits per heavy atom. The second-order valence-electron chi connectivity index (χ2n) is 2.58. The third-order valence-electron chi connectivity index (χ3n) is 1.47. The van der Waals surface area contributed by atoms with Crippen LogP contribution in [-0.4, -0.2) is 14.8 Å². The molecule has 0 aliphatic rings. The lowest BCUT2D eigenvalue weighted by molar-refractivity contribution is -0.275. The molecule has 1 aromatic carbocycles. The molecule has 0 unspecified atom stereocenters. The van der Waals surface area contributed by atoms with E-state index in [2.05, 4.69) is 4.74 Å². The van der Waals surface area contributed by atoms with Crippen LogP contribution in [0.15, 0.2) is 29.2 Å². The maximum atomic E-state index is 11.9. The molecule has 4 nitrogen and oxygen atoms in total. The van der Waals surface area contributed by atoms with Gasteiger partial charge in [-0.3, -0.25) is 0 Å². The smallest absolute Gasteiger partial charge is 0.404 e. The van der Waals surface area contributed by atoms with Crippen molar-refractivity contribution in [2.24, 2.45) is 0 Å². The molecule has 0 fully saturated rings. The molecule has 0 heterocycles. The summed E-state index contributed by atoms with van der Waals surface area (Å²) in [6.07, 6.45) is -5.05. The molecule has 0 aliphatic heterocycles. The zero-order valence-electron chi connectivity index (χ0n) is 7.45. The van der Waals surface area contributed by atoms with Gasteiger partial charge in [0.25, 0.3) is 10.0 Å². The summed E-state index contributed by atoms with van der Waals surface area (Å²) in [7, 11) is -4.64. The van der Waals surface area contributed by atoms with Gasteiger partial charge in [-0.15, -0.1) is 17.7 Å². The van der Waals surface area contributed by atoms with E-state index in [0.717, 1.165) is 24.3 Å². The first-order chi connectivity index (χ1) is 7.26. The minimum Gasteiger partial charge on any atom is -0.404 e. The summed E-state index contributed by atoms with van der Waals surface area (Å²) in [5.74, 6) is -1.000. The van der Waals surface area contributed by atoms with E-state index < -0.39 is 27.0 Å². The first-order valence-corrected chi connectivity index (χ1v) is 5.22. The molecule has 0 bridgehead atoms. The average molecular weight is 259 g/mol. The number of hydrogen-bond donors (Lipinski definition) is 1. The van der Waals surface area contributed by atoms with Crippen molar-refractivity contribution < 1.29 is 30.8 Å². The standard InChI is InChI=1S/C7H5F4NO3S/c8-7(9,10)15-5-3-1-2-4-6(5)16(13,14)12-11/h1-4,12H. The van der Waals surface area contributed by atoms with Crippen molar-refractivity contribution in [1.29, 1.82) is 0 Å². The fourth-order valence-corrected chi connectivity index (χ4v) is 1.64. The highest BCUT2D eigenvalue weighted by Gasteiger charge is 2.33. The predicted molar refractivity (Wildman–Crippen MR) is 44.6 cm³/mol. The van der Waals surface area contributed by atoms with Crippen LogP contribution < -0.4 is 9.68 Å². The number of benzene rings is 1. The van der Waals surface area contributed by atoms with Gasteiger partial charge in [0.2, 0.25) is 0 Å². The number of para-hydroxylation sites is 1. The number of rotatable bonds is 3. The molecule has 0 aromatic heterocycles. The molecule has 0 atom stereocenters. The van der Waals surface area contributed by atoms with E-state index in [1.165, 1.54) is 0 Å².